The number of carbonyl (C=O) groups is 2. The van der Waals surface area contributed by atoms with Crippen molar-refractivity contribution in [2.75, 3.05) is 10.6 Å². The topological polar surface area (TPSA) is 88.9 Å². The van der Waals surface area contributed by atoms with E-state index in [-0.39, 0.29) is 12.4 Å². The summed E-state index contributed by atoms with van der Waals surface area (Å²) in [5.41, 5.74) is -0.524. The molecule has 22 heavy (non-hydrogen) atoms. The lowest BCUT2D eigenvalue weighted by Gasteiger charge is -2.23. The normalized spacial score (nSPS) is 16.9. The summed E-state index contributed by atoms with van der Waals surface area (Å²) in [4.78, 5) is 23.7. The van der Waals surface area contributed by atoms with Crippen LogP contribution in [0.3, 0.4) is 0 Å². The molecule has 2 aromatic rings. The highest BCUT2D eigenvalue weighted by atomic mass is 19.2. The van der Waals surface area contributed by atoms with Crippen molar-refractivity contribution < 1.29 is 22.8 Å². The maximum atomic E-state index is 13.6. The molecule has 0 bridgehead atoms. The molecule has 1 atom stereocenters. The summed E-state index contributed by atoms with van der Waals surface area (Å²) in [5, 5.41) is 11.7. The minimum absolute atomic E-state index is 0.0714. The Morgan fingerprint density at radius 2 is 2.09 bits per heavy atom. The first-order valence-corrected chi connectivity index (χ1v) is 6.11. The molecule has 2 heterocycles. The van der Waals surface area contributed by atoms with Crippen LogP contribution >= 0.6 is 0 Å². The number of benzene rings is 1. The Balaban J connectivity index is 1.87. The molecule has 1 aromatic carbocycles. The zero-order valence-electron chi connectivity index (χ0n) is 10.8. The molecular weight excluding hydrogens is 303 g/mol. The lowest BCUT2D eigenvalue weighted by molar-refractivity contribution is -0.125. The van der Waals surface area contributed by atoms with Crippen LogP contribution in [0.15, 0.2) is 18.5 Å². The van der Waals surface area contributed by atoms with Crippen molar-refractivity contribution in [3.63, 3.8) is 0 Å². The molecule has 0 saturated heterocycles. The van der Waals surface area contributed by atoms with E-state index in [1.54, 1.807) is 0 Å². The predicted molar refractivity (Wildman–Crippen MR) is 67.3 cm³/mol. The largest absolute Gasteiger partial charge is 0.322 e. The first-order chi connectivity index (χ1) is 10.5. The fourth-order valence-electron chi connectivity index (χ4n) is 2.07. The van der Waals surface area contributed by atoms with E-state index in [0.29, 0.717) is 6.07 Å². The monoisotopic (exact) mass is 311 g/mol. The fraction of sp³-hybridized carbons (Fsp3) is 0.167. The average molecular weight is 311 g/mol. The van der Waals surface area contributed by atoms with E-state index in [4.69, 9.17) is 0 Å². The van der Waals surface area contributed by atoms with E-state index >= 15 is 0 Å². The number of anilines is 2. The van der Waals surface area contributed by atoms with Crippen LogP contribution in [0, 0.1) is 17.5 Å². The van der Waals surface area contributed by atoms with Gasteiger partial charge in [0, 0.05) is 0 Å². The zero-order chi connectivity index (χ0) is 15.9. The number of aromatic nitrogens is 3. The molecule has 114 valence electrons. The van der Waals surface area contributed by atoms with Crippen molar-refractivity contribution in [2.24, 2.45) is 0 Å². The fourth-order valence-corrected chi connectivity index (χ4v) is 2.07. The summed E-state index contributed by atoms with van der Waals surface area (Å²) in [5.74, 6) is -5.75. The second-order valence-electron chi connectivity index (χ2n) is 4.54. The average Bonchev–Trinajstić information content (AvgIpc) is 2.95. The minimum Gasteiger partial charge on any atom is -0.322 e. The Morgan fingerprint density at radius 3 is 2.86 bits per heavy atom. The van der Waals surface area contributed by atoms with E-state index in [2.05, 4.69) is 20.8 Å². The molecule has 0 fully saturated rings. The van der Waals surface area contributed by atoms with Gasteiger partial charge in [0.2, 0.25) is 17.8 Å². The second-order valence-corrected chi connectivity index (χ2v) is 4.54. The van der Waals surface area contributed by atoms with Crippen molar-refractivity contribution in [1.29, 1.82) is 0 Å². The Morgan fingerprint density at radius 1 is 1.32 bits per heavy atom. The molecule has 0 aliphatic carbocycles. The van der Waals surface area contributed by atoms with E-state index in [0.717, 1.165) is 6.07 Å². The summed E-state index contributed by atoms with van der Waals surface area (Å²) in [6.07, 6.45) is 1.00. The molecule has 0 spiro atoms. The van der Waals surface area contributed by atoms with Crippen LogP contribution in [0.4, 0.5) is 24.8 Å². The van der Waals surface area contributed by atoms with Crippen molar-refractivity contribution in [2.45, 2.75) is 12.5 Å². The first kappa shape index (κ1) is 14.0. The number of nitrogens with zero attached hydrogens (tertiary/aromatic N) is 3. The number of carbonyl (C=O) groups excluding carboxylic acids is 2. The van der Waals surface area contributed by atoms with Gasteiger partial charge in [0.05, 0.1) is 12.1 Å². The third-order valence-corrected chi connectivity index (χ3v) is 3.13. The van der Waals surface area contributed by atoms with Crippen LogP contribution in [-0.2, 0) is 9.59 Å². The lowest BCUT2D eigenvalue weighted by Crippen LogP contribution is -2.35. The van der Waals surface area contributed by atoms with Crippen LogP contribution in [-0.4, -0.2) is 26.6 Å². The summed E-state index contributed by atoms with van der Waals surface area (Å²) in [7, 11) is 0. The number of fused-ring (bicyclic) bond motifs is 1. The Bertz CT molecular complexity index is 776. The van der Waals surface area contributed by atoms with E-state index in [9.17, 15) is 22.8 Å². The molecule has 0 saturated carbocycles. The summed E-state index contributed by atoms with van der Waals surface area (Å²) >= 11 is 0. The molecule has 10 heteroatoms. The van der Waals surface area contributed by atoms with Gasteiger partial charge in [-0.2, -0.15) is 0 Å². The lowest BCUT2D eigenvalue weighted by atomic mass is 10.1. The Labute approximate surface area is 121 Å². The van der Waals surface area contributed by atoms with Gasteiger partial charge in [-0.3, -0.25) is 19.5 Å². The van der Waals surface area contributed by atoms with Gasteiger partial charge in [-0.1, -0.05) is 0 Å². The van der Waals surface area contributed by atoms with Gasteiger partial charge in [0.25, 0.3) is 0 Å². The smallest absolute Gasteiger partial charge is 0.248 e. The highest BCUT2D eigenvalue weighted by molar-refractivity contribution is 6.00. The highest BCUT2D eigenvalue weighted by Crippen LogP contribution is 2.25. The molecule has 1 aliphatic rings. The molecule has 2 N–H and O–H groups in total. The summed E-state index contributed by atoms with van der Waals surface area (Å²) in [6.45, 7) is 0. The Kier molecular flexibility index (Phi) is 3.28. The predicted octanol–water partition coefficient (Wildman–Crippen LogP) is 1.22. The van der Waals surface area contributed by atoms with Gasteiger partial charge in [0.1, 0.15) is 12.4 Å². The third kappa shape index (κ3) is 2.28. The minimum atomic E-state index is -1.69. The van der Waals surface area contributed by atoms with Crippen molar-refractivity contribution in [3.05, 3.63) is 35.9 Å². The van der Waals surface area contributed by atoms with Gasteiger partial charge in [-0.05, 0) is 12.1 Å². The second kappa shape index (κ2) is 5.13. The standard InChI is InChI=1S/C12H8F3N5O2/c13-5-1-2-6(10(15)9(5)14)17-11(22)7-3-8(21)18-12-19-16-4-20(7)12/h1-2,4,7H,3H2,(H,17,22)(H,18,19,21). The maximum Gasteiger partial charge on any atom is 0.248 e. The SMILES string of the molecule is O=C1CC(C(=O)Nc2ccc(F)c(F)c2F)n2cnnc2N1. The van der Waals surface area contributed by atoms with Crippen molar-refractivity contribution in [3.8, 4) is 0 Å². The molecule has 7 nitrogen and oxygen atoms in total. The molecule has 2 amide bonds. The van der Waals surface area contributed by atoms with Gasteiger partial charge in [-0.25, -0.2) is 13.2 Å². The van der Waals surface area contributed by atoms with Gasteiger partial charge < -0.3 is 5.32 Å². The maximum absolute atomic E-state index is 13.6. The van der Waals surface area contributed by atoms with Gasteiger partial charge >= 0.3 is 0 Å². The molecule has 3 rings (SSSR count). The first-order valence-electron chi connectivity index (χ1n) is 6.11. The molecule has 1 aromatic heterocycles. The quantitative estimate of drug-likeness (QED) is 0.816. The molecule has 0 radical (unpaired) electrons. The third-order valence-electron chi connectivity index (χ3n) is 3.13. The van der Waals surface area contributed by atoms with Crippen LogP contribution in [0.2, 0.25) is 0 Å². The number of amides is 2. The van der Waals surface area contributed by atoms with E-state index in [1.807, 2.05) is 0 Å². The van der Waals surface area contributed by atoms with Gasteiger partial charge in [0.15, 0.2) is 17.5 Å². The van der Waals surface area contributed by atoms with E-state index < -0.39 is 41.0 Å². The van der Waals surface area contributed by atoms with Crippen LogP contribution < -0.4 is 10.6 Å². The number of halogens is 3. The van der Waals surface area contributed by atoms with Gasteiger partial charge in [-0.15, -0.1) is 10.2 Å². The molecule has 1 unspecified atom stereocenters. The summed E-state index contributed by atoms with van der Waals surface area (Å²) in [6, 6.07) is 0.555. The van der Waals surface area contributed by atoms with Crippen LogP contribution in [0.5, 0.6) is 0 Å². The highest BCUT2D eigenvalue weighted by Gasteiger charge is 2.31. The number of hydrogen-bond donors (Lipinski definition) is 2. The van der Waals surface area contributed by atoms with Crippen LogP contribution in [0.25, 0.3) is 0 Å². The van der Waals surface area contributed by atoms with Crippen LogP contribution in [0.1, 0.15) is 12.5 Å². The number of hydrogen-bond acceptors (Lipinski definition) is 4. The van der Waals surface area contributed by atoms with E-state index in [1.165, 1.54) is 10.9 Å². The zero-order valence-corrected chi connectivity index (χ0v) is 10.8. The van der Waals surface area contributed by atoms with Crippen molar-refractivity contribution >= 4 is 23.5 Å². The molecule has 1 aliphatic heterocycles. The molecular formula is C12H8F3N5O2. The number of nitrogens with one attached hydrogen (secondary N) is 2. The Hall–Kier alpha value is -2.91. The number of rotatable bonds is 2. The van der Waals surface area contributed by atoms with Crippen molar-refractivity contribution in [1.82, 2.24) is 14.8 Å². The summed E-state index contributed by atoms with van der Waals surface area (Å²) < 4.78 is 40.9.